The van der Waals surface area contributed by atoms with Crippen molar-refractivity contribution >= 4 is 39.3 Å². The van der Waals surface area contributed by atoms with E-state index in [4.69, 9.17) is 23.2 Å². The molecule has 4 atom stereocenters. The van der Waals surface area contributed by atoms with Gasteiger partial charge in [-0.25, -0.2) is 4.72 Å². The quantitative estimate of drug-likeness (QED) is 0.371. The van der Waals surface area contributed by atoms with Crippen LogP contribution in [0.15, 0.2) is 61.2 Å². The number of likely N-dealkylation sites (tertiary alicyclic amines) is 1. The molecule has 1 amide bonds. The van der Waals surface area contributed by atoms with E-state index in [1.807, 2.05) is 54.3 Å². The molecule has 0 aromatic heterocycles. The minimum Gasteiger partial charge on any atom is -0.330 e. The van der Waals surface area contributed by atoms with Gasteiger partial charge >= 0.3 is 0 Å². The molecule has 1 N–H and O–H groups in total. The predicted molar refractivity (Wildman–Crippen MR) is 150 cm³/mol. The summed E-state index contributed by atoms with van der Waals surface area (Å²) in [6.45, 7) is 6.07. The number of rotatable bonds is 10. The Labute approximate surface area is 230 Å². The van der Waals surface area contributed by atoms with E-state index in [-0.39, 0.29) is 36.4 Å². The summed E-state index contributed by atoms with van der Waals surface area (Å²) in [7, 11) is -0.672. The maximum atomic E-state index is 14.4. The molecule has 2 aliphatic rings. The number of nitrogens with one attached hydrogen (secondary N) is 1. The molecule has 0 bridgehead atoms. The SMILES string of the molecule is C=CC[C@@]1(C)CC(c2cccc(Cl)c2)[C@@H](c2ccc(Cl)cc2)N([C@H](CNS(=O)(=O)N(C)C)C2CC2)C1=O. The summed E-state index contributed by atoms with van der Waals surface area (Å²) >= 11 is 12.7. The minimum absolute atomic E-state index is 0.0200. The third-order valence-electron chi connectivity index (χ3n) is 7.66. The van der Waals surface area contributed by atoms with Gasteiger partial charge < -0.3 is 4.90 Å². The third-order valence-corrected chi connectivity index (χ3v) is 9.64. The predicted octanol–water partition coefficient (Wildman–Crippen LogP) is 5.81. The number of piperidine rings is 1. The summed E-state index contributed by atoms with van der Waals surface area (Å²) in [5.41, 5.74) is 1.32. The normalized spacial score (nSPS) is 25.4. The van der Waals surface area contributed by atoms with Gasteiger partial charge in [0.2, 0.25) is 5.91 Å². The molecule has 4 rings (SSSR count). The average molecular weight is 565 g/mol. The minimum atomic E-state index is -3.66. The van der Waals surface area contributed by atoms with E-state index in [2.05, 4.69) is 17.4 Å². The zero-order chi connectivity index (χ0) is 27.0. The van der Waals surface area contributed by atoms with Crippen LogP contribution in [0.5, 0.6) is 0 Å². The van der Waals surface area contributed by atoms with Gasteiger partial charge in [0.15, 0.2) is 0 Å². The second-order valence-corrected chi connectivity index (χ2v) is 13.5. The van der Waals surface area contributed by atoms with Gasteiger partial charge in [0.1, 0.15) is 0 Å². The van der Waals surface area contributed by atoms with Crippen molar-refractivity contribution in [3.05, 3.63) is 82.4 Å². The fourth-order valence-electron chi connectivity index (χ4n) is 5.55. The molecule has 1 aliphatic heterocycles. The molecule has 37 heavy (non-hydrogen) atoms. The Kier molecular flexibility index (Phi) is 8.41. The third kappa shape index (κ3) is 6.07. The average Bonchev–Trinajstić information content (AvgIpc) is 3.68. The van der Waals surface area contributed by atoms with Crippen LogP contribution < -0.4 is 4.72 Å². The lowest BCUT2D eigenvalue weighted by Crippen LogP contribution is -2.59. The number of benzene rings is 2. The highest BCUT2D eigenvalue weighted by Crippen LogP contribution is 2.54. The molecule has 1 unspecified atom stereocenters. The number of allylic oxidation sites excluding steroid dienone is 1. The van der Waals surface area contributed by atoms with Gasteiger partial charge in [-0.1, -0.05) is 60.5 Å². The highest BCUT2D eigenvalue weighted by Gasteiger charge is 2.53. The number of nitrogens with zero attached hydrogens (tertiary/aromatic N) is 2. The van der Waals surface area contributed by atoms with Crippen LogP contribution in [0.1, 0.15) is 55.7 Å². The lowest BCUT2D eigenvalue weighted by molar-refractivity contribution is -0.155. The first-order chi connectivity index (χ1) is 17.5. The smallest absolute Gasteiger partial charge is 0.279 e. The highest BCUT2D eigenvalue weighted by molar-refractivity contribution is 7.87. The molecule has 1 saturated carbocycles. The summed E-state index contributed by atoms with van der Waals surface area (Å²) < 4.78 is 29.2. The lowest BCUT2D eigenvalue weighted by atomic mass is 9.67. The summed E-state index contributed by atoms with van der Waals surface area (Å²) in [5, 5.41) is 1.25. The number of carbonyl (C=O) groups is 1. The van der Waals surface area contributed by atoms with Gasteiger partial charge in [-0.15, -0.1) is 6.58 Å². The van der Waals surface area contributed by atoms with Gasteiger partial charge in [-0.2, -0.15) is 12.7 Å². The van der Waals surface area contributed by atoms with Crippen molar-refractivity contribution in [2.24, 2.45) is 11.3 Å². The molecule has 9 heteroatoms. The van der Waals surface area contributed by atoms with E-state index in [0.29, 0.717) is 22.9 Å². The number of hydrogen-bond acceptors (Lipinski definition) is 3. The molecule has 2 fully saturated rings. The Bertz CT molecular complexity index is 1250. The zero-order valence-corrected chi connectivity index (χ0v) is 23.9. The van der Waals surface area contributed by atoms with Crippen LogP contribution in [-0.4, -0.2) is 50.2 Å². The number of hydrogen-bond donors (Lipinski definition) is 1. The van der Waals surface area contributed by atoms with Crippen LogP contribution in [0.2, 0.25) is 10.0 Å². The second kappa shape index (κ2) is 11.1. The summed E-state index contributed by atoms with van der Waals surface area (Å²) in [6.07, 6.45) is 4.84. The molecular formula is C28H35Cl2N3O3S. The number of halogens is 2. The van der Waals surface area contributed by atoms with Crippen molar-refractivity contribution in [3.8, 4) is 0 Å². The molecule has 0 radical (unpaired) electrons. The van der Waals surface area contributed by atoms with Crippen molar-refractivity contribution in [2.45, 2.75) is 50.6 Å². The van der Waals surface area contributed by atoms with Crippen LogP contribution in [0.3, 0.4) is 0 Å². The van der Waals surface area contributed by atoms with E-state index in [1.165, 1.54) is 14.1 Å². The maximum Gasteiger partial charge on any atom is 0.279 e. The topological polar surface area (TPSA) is 69.7 Å². The Hall–Kier alpha value is -1.90. The molecule has 2 aromatic carbocycles. The summed E-state index contributed by atoms with van der Waals surface area (Å²) in [4.78, 5) is 16.4. The Morgan fingerprint density at radius 2 is 1.81 bits per heavy atom. The fourth-order valence-corrected chi connectivity index (χ4v) is 6.51. The van der Waals surface area contributed by atoms with Crippen molar-refractivity contribution in [2.75, 3.05) is 20.6 Å². The molecule has 0 spiro atoms. The zero-order valence-electron chi connectivity index (χ0n) is 21.5. The van der Waals surface area contributed by atoms with Gasteiger partial charge in [0.25, 0.3) is 10.2 Å². The van der Waals surface area contributed by atoms with Crippen molar-refractivity contribution in [1.82, 2.24) is 13.9 Å². The Balaban J connectivity index is 1.87. The number of carbonyl (C=O) groups excluding carboxylic acids is 1. The molecule has 6 nitrogen and oxygen atoms in total. The first kappa shape index (κ1) is 28.1. The summed E-state index contributed by atoms with van der Waals surface area (Å²) in [5.74, 6) is 0.176. The van der Waals surface area contributed by atoms with Crippen LogP contribution in [0.4, 0.5) is 0 Å². The second-order valence-electron chi connectivity index (χ2n) is 10.7. The van der Waals surface area contributed by atoms with Crippen LogP contribution in [0.25, 0.3) is 0 Å². The monoisotopic (exact) mass is 563 g/mol. The van der Waals surface area contributed by atoms with Crippen LogP contribution in [0, 0.1) is 11.3 Å². The van der Waals surface area contributed by atoms with Crippen molar-refractivity contribution < 1.29 is 13.2 Å². The first-order valence-corrected chi connectivity index (χ1v) is 14.8. The lowest BCUT2D eigenvalue weighted by Gasteiger charge is -2.52. The summed E-state index contributed by atoms with van der Waals surface area (Å²) in [6, 6.07) is 14.8. The van der Waals surface area contributed by atoms with Gasteiger partial charge in [-0.3, -0.25) is 4.79 Å². The Morgan fingerprint density at radius 3 is 2.38 bits per heavy atom. The van der Waals surface area contributed by atoms with E-state index >= 15 is 0 Å². The van der Waals surface area contributed by atoms with Crippen molar-refractivity contribution in [1.29, 1.82) is 0 Å². The molecule has 1 aliphatic carbocycles. The van der Waals surface area contributed by atoms with E-state index in [0.717, 1.165) is 28.3 Å². The van der Waals surface area contributed by atoms with E-state index in [9.17, 15) is 13.2 Å². The fraction of sp³-hybridized carbons (Fsp3) is 0.464. The van der Waals surface area contributed by atoms with Crippen LogP contribution >= 0.6 is 23.2 Å². The van der Waals surface area contributed by atoms with E-state index < -0.39 is 15.6 Å². The van der Waals surface area contributed by atoms with E-state index in [1.54, 1.807) is 6.08 Å². The molecule has 1 heterocycles. The van der Waals surface area contributed by atoms with Crippen LogP contribution in [-0.2, 0) is 15.0 Å². The van der Waals surface area contributed by atoms with Gasteiger partial charge in [-0.05, 0) is 67.0 Å². The van der Waals surface area contributed by atoms with Crippen molar-refractivity contribution in [3.63, 3.8) is 0 Å². The maximum absolute atomic E-state index is 14.4. The standard InChI is InChI=1S/C28H35Cl2N3O3S/c1-5-15-28(2)17-24(21-7-6-8-23(30)16-21)26(20-11-13-22(29)14-12-20)33(27(28)34)25(19-9-10-19)18-31-37(35,36)32(3)4/h5-8,11-14,16,19,24-26,31H,1,9-10,15,17-18H2,2-4H3/t24?,25-,26-,28+/m1/s1. The van der Waals surface area contributed by atoms with Gasteiger partial charge in [0, 0.05) is 42.6 Å². The number of amides is 1. The molecular weight excluding hydrogens is 529 g/mol. The molecule has 200 valence electrons. The molecule has 1 saturated heterocycles. The van der Waals surface area contributed by atoms with Gasteiger partial charge in [0.05, 0.1) is 11.5 Å². The highest BCUT2D eigenvalue weighted by atomic mass is 35.5. The largest absolute Gasteiger partial charge is 0.330 e. The first-order valence-electron chi connectivity index (χ1n) is 12.6. The molecule has 2 aromatic rings. The Morgan fingerprint density at radius 1 is 1.14 bits per heavy atom.